The van der Waals surface area contributed by atoms with Crippen molar-refractivity contribution in [1.82, 2.24) is 0 Å². The molecule has 2 rings (SSSR count). The molecule has 0 aliphatic heterocycles. The first-order chi connectivity index (χ1) is 10.1. The summed E-state index contributed by atoms with van der Waals surface area (Å²) in [5, 5.41) is 0. The van der Waals surface area contributed by atoms with Crippen molar-refractivity contribution < 1.29 is 9.21 Å². The third-order valence-corrected chi connectivity index (χ3v) is 3.45. The maximum absolute atomic E-state index is 12.8. The number of hydrogen-bond donors (Lipinski definition) is 1. The highest BCUT2D eigenvalue weighted by Crippen LogP contribution is 2.22. The quantitative estimate of drug-likeness (QED) is 0.916. The number of furan rings is 1. The predicted molar refractivity (Wildman–Crippen MR) is 84.5 cm³/mol. The van der Waals surface area contributed by atoms with Crippen LogP contribution in [0.2, 0.25) is 0 Å². The first kappa shape index (κ1) is 15.3. The second-order valence-corrected chi connectivity index (χ2v) is 5.15. The van der Waals surface area contributed by atoms with Crippen molar-refractivity contribution in [3.05, 3.63) is 53.0 Å². The van der Waals surface area contributed by atoms with Crippen LogP contribution in [0.4, 0.5) is 5.69 Å². The lowest BCUT2D eigenvalue weighted by molar-refractivity contribution is 0.0985. The molecular weight excluding hydrogens is 264 g/mol. The molecule has 2 aromatic rings. The van der Waals surface area contributed by atoms with Gasteiger partial charge >= 0.3 is 0 Å². The van der Waals surface area contributed by atoms with E-state index in [0.717, 1.165) is 23.4 Å². The normalized spacial score (nSPS) is 10.7. The van der Waals surface area contributed by atoms with Gasteiger partial charge in [0.05, 0.1) is 5.56 Å². The van der Waals surface area contributed by atoms with Gasteiger partial charge in [-0.2, -0.15) is 0 Å². The van der Waals surface area contributed by atoms with Gasteiger partial charge in [0.1, 0.15) is 11.5 Å². The zero-order valence-corrected chi connectivity index (χ0v) is 12.8. The lowest BCUT2D eigenvalue weighted by Crippen LogP contribution is -2.31. The molecule has 1 heterocycles. The highest BCUT2D eigenvalue weighted by Gasteiger charge is 2.21. The van der Waals surface area contributed by atoms with Gasteiger partial charge in [0.25, 0.3) is 5.91 Å². The van der Waals surface area contributed by atoms with Gasteiger partial charge in [0.15, 0.2) is 0 Å². The molecule has 1 aromatic heterocycles. The average Bonchev–Trinajstić information content (AvgIpc) is 2.83. The Morgan fingerprint density at radius 1 is 1.24 bits per heavy atom. The van der Waals surface area contributed by atoms with E-state index in [4.69, 9.17) is 10.2 Å². The molecule has 1 aromatic carbocycles. The first-order valence-corrected chi connectivity index (χ1v) is 7.24. The number of rotatable bonds is 5. The van der Waals surface area contributed by atoms with E-state index in [-0.39, 0.29) is 5.91 Å². The second kappa shape index (κ2) is 6.59. The highest BCUT2D eigenvalue weighted by atomic mass is 16.3. The van der Waals surface area contributed by atoms with Gasteiger partial charge in [-0.1, -0.05) is 19.1 Å². The number of amides is 1. The standard InChI is InChI=1S/C17H22N2O2/c1-4-9-19(15-7-5-14(11-18)6-8-15)17(20)16-10-12(2)21-13(16)3/h5-8,10H,4,9,11,18H2,1-3H3. The lowest BCUT2D eigenvalue weighted by Gasteiger charge is -2.22. The van der Waals surface area contributed by atoms with Crippen LogP contribution in [-0.2, 0) is 6.54 Å². The summed E-state index contributed by atoms with van der Waals surface area (Å²) in [6, 6.07) is 9.60. The highest BCUT2D eigenvalue weighted by molar-refractivity contribution is 6.06. The summed E-state index contributed by atoms with van der Waals surface area (Å²) in [5.74, 6) is 1.40. The fraction of sp³-hybridized carbons (Fsp3) is 0.353. The van der Waals surface area contributed by atoms with Crippen LogP contribution in [0.1, 0.15) is 40.8 Å². The molecule has 0 aliphatic carbocycles. The molecule has 1 amide bonds. The van der Waals surface area contributed by atoms with E-state index in [9.17, 15) is 4.79 Å². The molecule has 2 N–H and O–H groups in total. The summed E-state index contributed by atoms with van der Waals surface area (Å²) >= 11 is 0. The largest absolute Gasteiger partial charge is 0.466 e. The summed E-state index contributed by atoms with van der Waals surface area (Å²) in [5.41, 5.74) is 8.18. The molecule has 21 heavy (non-hydrogen) atoms. The van der Waals surface area contributed by atoms with E-state index < -0.39 is 0 Å². The third-order valence-electron chi connectivity index (χ3n) is 3.45. The van der Waals surface area contributed by atoms with Crippen molar-refractivity contribution in [2.75, 3.05) is 11.4 Å². The Balaban J connectivity index is 2.33. The monoisotopic (exact) mass is 286 g/mol. The van der Waals surface area contributed by atoms with Gasteiger partial charge < -0.3 is 15.1 Å². The van der Waals surface area contributed by atoms with Crippen molar-refractivity contribution in [2.45, 2.75) is 33.7 Å². The molecule has 0 fully saturated rings. The van der Waals surface area contributed by atoms with Crippen LogP contribution in [-0.4, -0.2) is 12.5 Å². The van der Waals surface area contributed by atoms with Crippen molar-refractivity contribution in [2.24, 2.45) is 5.73 Å². The second-order valence-electron chi connectivity index (χ2n) is 5.15. The van der Waals surface area contributed by atoms with Gasteiger partial charge in [-0.15, -0.1) is 0 Å². The number of carbonyl (C=O) groups is 1. The van der Waals surface area contributed by atoms with E-state index >= 15 is 0 Å². The van der Waals surface area contributed by atoms with Gasteiger partial charge in [0, 0.05) is 18.8 Å². The summed E-state index contributed by atoms with van der Waals surface area (Å²) in [6.07, 6.45) is 0.889. The molecule has 0 aliphatic rings. The zero-order chi connectivity index (χ0) is 15.4. The zero-order valence-electron chi connectivity index (χ0n) is 12.8. The summed E-state index contributed by atoms with van der Waals surface area (Å²) in [4.78, 5) is 14.6. The molecule has 0 saturated carbocycles. The SMILES string of the molecule is CCCN(C(=O)c1cc(C)oc1C)c1ccc(CN)cc1. The number of anilines is 1. The molecule has 4 nitrogen and oxygen atoms in total. The Kier molecular flexibility index (Phi) is 4.81. The topological polar surface area (TPSA) is 59.5 Å². The number of carbonyl (C=O) groups excluding carboxylic acids is 1. The molecule has 0 unspecified atom stereocenters. The van der Waals surface area contributed by atoms with E-state index in [0.29, 0.717) is 24.4 Å². The predicted octanol–water partition coefficient (Wildman–Crippen LogP) is 3.41. The molecule has 0 spiro atoms. The van der Waals surface area contributed by atoms with E-state index in [2.05, 4.69) is 6.92 Å². The molecule has 0 saturated heterocycles. The van der Waals surface area contributed by atoms with E-state index in [1.807, 2.05) is 38.1 Å². The van der Waals surface area contributed by atoms with E-state index in [1.54, 1.807) is 11.0 Å². The van der Waals surface area contributed by atoms with Crippen LogP contribution < -0.4 is 10.6 Å². The maximum atomic E-state index is 12.8. The molecule has 0 radical (unpaired) electrons. The van der Waals surface area contributed by atoms with Crippen LogP contribution >= 0.6 is 0 Å². The Hall–Kier alpha value is -2.07. The van der Waals surface area contributed by atoms with Crippen molar-refractivity contribution in [3.8, 4) is 0 Å². The summed E-state index contributed by atoms with van der Waals surface area (Å²) < 4.78 is 5.47. The van der Waals surface area contributed by atoms with Crippen molar-refractivity contribution in [3.63, 3.8) is 0 Å². The average molecular weight is 286 g/mol. The number of nitrogens with zero attached hydrogens (tertiary/aromatic N) is 1. The van der Waals surface area contributed by atoms with Crippen molar-refractivity contribution in [1.29, 1.82) is 0 Å². The van der Waals surface area contributed by atoms with Gasteiger partial charge in [-0.3, -0.25) is 4.79 Å². The smallest absolute Gasteiger partial charge is 0.261 e. The van der Waals surface area contributed by atoms with Crippen molar-refractivity contribution >= 4 is 11.6 Å². The minimum atomic E-state index is -0.0216. The summed E-state index contributed by atoms with van der Waals surface area (Å²) in [7, 11) is 0. The molecule has 112 valence electrons. The Morgan fingerprint density at radius 3 is 2.38 bits per heavy atom. The first-order valence-electron chi connectivity index (χ1n) is 7.24. The van der Waals surface area contributed by atoms with Crippen LogP contribution in [0.3, 0.4) is 0 Å². The Labute approximate surface area is 125 Å². The molecular formula is C17H22N2O2. The fourth-order valence-corrected chi connectivity index (χ4v) is 2.37. The summed E-state index contributed by atoms with van der Waals surface area (Å²) in [6.45, 7) is 6.90. The number of hydrogen-bond acceptors (Lipinski definition) is 3. The van der Waals surface area contributed by atoms with Crippen LogP contribution in [0.25, 0.3) is 0 Å². The Morgan fingerprint density at radius 2 is 1.90 bits per heavy atom. The Bertz CT molecular complexity index is 614. The number of aryl methyl sites for hydroxylation is 2. The minimum Gasteiger partial charge on any atom is -0.466 e. The van der Waals surface area contributed by atoms with E-state index in [1.165, 1.54) is 0 Å². The van der Waals surface area contributed by atoms with Gasteiger partial charge in [-0.05, 0) is 44.0 Å². The molecule has 0 bridgehead atoms. The molecule has 4 heteroatoms. The number of benzene rings is 1. The minimum absolute atomic E-state index is 0.0216. The number of nitrogens with two attached hydrogens (primary N) is 1. The molecule has 0 atom stereocenters. The lowest BCUT2D eigenvalue weighted by atomic mass is 10.1. The van der Waals surface area contributed by atoms with Gasteiger partial charge in [0.2, 0.25) is 0 Å². The fourth-order valence-electron chi connectivity index (χ4n) is 2.37. The van der Waals surface area contributed by atoms with Crippen LogP contribution in [0, 0.1) is 13.8 Å². The van der Waals surface area contributed by atoms with Gasteiger partial charge in [-0.25, -0.2) is 0 Å². The van der Waals surface area contributed by atoms with Crippen LogP contribution in [0.5, 0.6) is 0 Å². The maximum Gasteiger partial charge on any atom is 0.261 e. The van der Waals surface area contributed by atoms with Crippen LogP contribution in [0.15, 0.2) is 34.7 Å². The third kappa shape index (κ3) is 3.34.